The van der Waals surface area contributed by atoms with E-state index in [2.05, 4.69) is 10.6 Å². The lowest BCUT2D eigenvalue weighted by molar-refractivity contribution is -0.123. The van der Waals surface area contributed by atoms with Crippen molar-refractivity contribution in [2.45, 2.75) is 70.4 Å². The Hall–Kier alpha value is -0.570. The number of hydrogen-bond donors (Lipinski definition) is 2. The standard InChI is InChI=1S/C14H26N2O/c1-11(15-10-12-6-2-3-7-12)14(17)16-13-8-4-5-9-13/h11-13,15H,2-10H2,1H3,(H,16,17). The molecule has 0 heterocycles. The zero-order valence-electron chi connectivity index (χ0n) is 11.0. The van der Waals surface area contributed by atoms with Crippen molar-refractivity contribution in [1.82, 2.24) is 10.6 Å². The summed E-state index contributed by atoms with van der Waals surface area (Å²) in [4.78, 5) is 11.9. The lowest BCUT2D eigenvalue weighted by Gasteiger charge is -2.19. The number of rotatable bonds is 5. The SMILES string of the molecule is CC(NCC1CCCC1)C(=O)NC1CCCC1. The lowest BCUT2D eigenvalue weighted by Crippen LogP contribution is -2.46. The molecule has 0 saturated heterocycles. The van der Waals surface area contributed by atoms with Crippen molar-refractivity contribution < 1.29 is 4.79 Å². The smallest absolute Gasteiger partial charge is 0.237 e. The van der Waals surface area contributed by atoms with Crippen LogP contribution < -0.4 is 10.6 Å². The monoisotopic (exact) mass is 238 g/mol. The fraction of sp³-hybridized carbons (Fsp3) is 0.929. The first-order valence-electron chi connectivity index (χ1n) is 7.29. The fourth-order valence-corrected chi connectivity index (χ4v) is 3.05. The minimum Gasteiger partial charge on any atom is -0.352 e. The summed E-state index contributed by atoms with van der Waals surface area (Å²) in [6.07, 6.45) is 10.3. The summed E-state index contributed by atoms with van der Waals surface area (Å²) in [6.45, 7) is 3.00. The van der Waals surface area contributed by atoms with Crippen LogP contribution in [0.4, 0.5) is 0 Å². The molecule has 0 aromatic rings. The van der Waals surface area contributed by atoms with Crippen molar-refractivity contribution in [3.8, 4) is 0 Å². The summed E-state index contributed by atoms with van der Waals surface area (Å²) < 4.78 is 0. The minimum atomic E-state index is -0.0313. The van der Waals surface area contributed by atoms with E-state index in [0.717, 1.165) is 12.5 Å². The minimum absolute atomic E-state index is 0.0313. The highest BCUT2D eigenvalue weighted by atomic mass is 16.2. The summed E-state index contributed by atoms with van der Waals surface area (Å²) in [5.74, 6) is 0.992. The average molecular weight is 238 g/mol. The van der Waals surface area contributed by atoms with Gasteiger partial charge in [-0.25, -0.2) is 0 Å². The molecular formula is C14H26N2O. The van der Waals surface area contributed by atoms with Gasteiger partial charge in [-0.15, -0.1) is 0 Å². The molecule has 2 aliphatic rings. The maximum atomic E-state index is 11.9. The van der Waals surface area contributed by atoms with Crippen molar-refractivity contribution >= 4 is 5.91 Å². The molecular weight excluding hydrogens is 212 g/mol. The highest BCUT2D eigenvalue weighted by molar-refractivity contribution is 5.81. The van der Waals surface area contributed by atoms with Crippen molar-refractivity contribution in [2.75, 3.05) is 6.54 Å². The molecule has 2 saturated carbocycles. The number of carbonyl (C=O) groups is 1. The third kappa shape index (κ3) is 3.98. The third-order valence-corrected chi connectivity index (χ3v) is 4.28. The molecule has 2 aliphatic carbocycles. The van der Waals surface area contributed by atoms with Gasteiger partial charge in [0.1, 0.15) is 0 Å². The Morgan fingerprint density at radius 3 is 2.35 bits per heavy atom. The van der Waals surface area contributed by atoms with Gasteiger partial charge in [0.05, 0.1) is 6.04 Å². The van der Waals surface area contributed by atoms with E-state index in [-0.39, 0.29) is 11.9 Å². The number of amides is 1. The van der Waals surface area contributed by atoms with E-state index in [1.807, 2.05) is 6.92 Å². The van der Waals surface area contributed by atoms with Crippen LogP contribution in [0.15, 0.2) is 0 Å². The van der Waals surface area contributed by atoms with E-state index in [9.17, 15) is 4.79 Å². The largest absolute Gasteiger partial charge is 0.352 e. The van der Waals surface area contributed by atoms with Crippen LogP contribution in [0.3, 0.4) is 0 Å². The molecule has 1 unspecified atom stereocenters. The lowest BCUT2D eigenvalue weighted by atomic mass is 10.1. The van der Waals surface area contributed by atoms with Gasteiger partial charge in [-0.3, -0.25) is 4.79 Å². The van der Waals surface area contributed by atoms with Crippen molar-refractivity contribution in [3.63, 3.8) is 0 Å². The summed E-state index contributed by atoms with van der Waals surface area (Å²) >= 11 is 0. The van der Waals surface area contributed by atoms with E-state index in [1.54, 1.807) is 0 Å². The molecule has 2 rings (SSSR count). The predicted octanol–water partition coefficient (Wildman–Crippen LogP) is 2.21. The van der Waals surface area contributed by atoms with Gasteiger partial charge in [0.25, 0.3) is 0 Å². The molecule has 0 aliphatic heterocycles. The van der Waals surface area contributed by atoms with E-state index < -0.39 is 0 Å². The maximum Gasteiger partial charge on any atom is 0.237 e. The van der Waals surface area contributed by atoms with Crippen molar-refractivity contribution in [2.24, 2.45) is 5.92 Å². The van der Waals surface area contributed by atoms with Crippen LogP contribution in [0, 0.1) is 5.92 Å². The molecule has 3 heteroatoms. The van der Waals surface area contributed by atoms with Crippen LogP contribution in [0.25, 0.3) is 0 Å². The van der Waals surface area contributed by atoms with Crippen LogP contribution >= 0.6 is 0 Å². The molecule has 1 atom stereocenters. The van der Waals surface area contributed by atoms with Gasteiger partial charge in [0.15, 0.2) is 0 Å². The molecule has 0 aromatic heterocycles. The zero-order valence-corrected chi connectivity index (χ0v) is 11.0. The number of nitrogens with one attached hydrogen (secondary N) is 2. The summed E-state index contributed by atoms with van der Waals surface area (Å²) in [5.41, 5.74) is 0. The zero-order chi connectivity index (χ0) is 12.1. The molecule has 1 amide bonds. The van der Waals surface area contributed by atoms with Crippen LogP contribution in [0.5, 0.6) is 0 Å². The number of hydrogen-bond acceptors (Lipinski definition) is 2. The highest BCUT2D eigenvalue weighted by Crippen LogP contribution is 2.23. The van der Waals surface area contributed by atoms with E-state index >= 15 is 0 Å². The van der Waals surface area contributed by atoms with Crippen LogP contribution in [0.1, 0.15) is 58.3 Å². The molecule has 0 spiro atoms. The molecule has 17 heavy (non-hydrogen) atoms. The highest BCUT2D eigenvalue weighted by Gasteiger charge is 2.21. The predicted molar refractivity (Wildman–Crippen MR) is 69.8 cm³/mol. The van der Waals surface area contributed by atoms with Gasteiger partial charge in [-0.2, -0.15) is 0 Å². The quantitative estimate of drug-likeness (QED) is 0.771. The van der Waals surface area contributed by atoms with Gasteiger partial charge in [-0.1, -0.05) is 25.7 Å². The molecule has 0 radical (unpaired) electrons. The summed E-state index contributed by atoms with van der Waals surface area (Å²) in [5, 5.41) is 6.54. The van der Waals surface area contributed by atoms with Gasteiger partial charge in [0, 0.05) is 6.04 Å². The second-order valence-corrected chi connectivity index (χ2v) is 5.77. The Kier molecular flexibility index (Phi) is 4.84. The van der Waals surface area contributed by atoms with Crippen molar-refractivity contribution in [1.29, 1.82) is 0 Å². The van der Waals surface area contributed by atoms with Crippen LogP contribution in [-0.2, 0) is 4.79 Å². The van der Waals surface area contributed by atoms with E-state index in [1.165, 1.54) is 51.4 Å². The van der Waals surface area contributed by atoms with Crippen molar-refractivity contribution in [3.05, 3.63) is 0 Å². The van der Waals surface area contributed by atoms with Gasteiger partial charge < -0.3 is 10.6 Å². The Labute approximate surface area is 105 Å². The molecule has 2 fully saturated rings. The average Bonchev–Trinajstić information content (AvgIpc) is 2.98. The molecule has 0 bridgehead atoms. The van der Waals surface area contributed by atoms with E-state index in [4.69, 9.17) is 0 Å². The number of carbonyl (C=O) groups excluding carboxylic acids is 1. The first kappa shape index (κ1) is 12.9. The molecule has 0 aromatic carbocycles. The topological polar surface area (TPSA) is 41.1 Å². The van der Waals surface area contributed by atoms with Gasteiger partial charge >= 0.3 is 0 Å². The first-order valence-corrected chi connectivity index (χ1v) is 7.29. The first-order chi connectivity index (χ1) is 8.25. The Bertz CT molecular complexity index is 243. The Morgan fingerprint density at radius 2 is 1.71 bits per heavy atom. The second-order valence-electron chi connectivity index (χ2n) is 5.77. The summed E-state index contributed by atoms with van der Waals surface area (Å²) in [7, 11) is 0. The normalized spacial score (nSPS) is 24.1. The third-order valence-electron chi connectivity index (χ3n) is 4.28. The van der Waals surface area contributed by atoms with Crippen LogP contribution in [0.2, 0.25) is 0 Å². The molecule has 2 N–H and O–H groups in total. The molecule has 98 valence electrons. The van der Waals surface area contributed by atoms with Gasteiger partial charge in [0.2, 0.25) is 5.91 Å². The summed E-state index contributed by atoms with van der Waals surface area (Å²) in [6, 6.07) is 0.412. The van der Waals surface area contributed by atoms with Crippen LogP contribution in [-0.4, -0.2) is 24.5 Å². The second kappa shape index (κ2) is 6.39. The fourth-order valence-electron chi connectivity index (χ4n) is 3.05. The maximum absolute atomic E-state index is 11.9. The Morgan fingerprint density at radius 1 is 1.12 bits per heavy atom. The van der Waals surface area contributed by atoms with Gasteiger partial charge in [-0.05, 0) is 45.1 Å². The Balaban J connectivity index is 1.63. The molecule has 3 nitrogen and oxygen atoms in total. The van der Waals surface area contributed by atoms with E-state index in [0.29, 0.717) is 6.04 Å².